The molecule has 6 nitrogen and oxygen atoms in total. The summed E-state index contributed by atoms with van der Waals surface area (Å²) in [5.41, 5.74) is 1.01. The Kier molecular flexibility index (Phi) is 4.41. The highest BCUT2D eigenvalue weighted by molar-refractivity contribution is 6.05. The molecule has 0 bridgehead atoms. The third-order valence-corrected chi connectivity index (χ3v) is 4.67. The van der Waals surface area contributed by atoms with Crippen LogP contribution in [0.25, 0.3) is 0 Å². The Bertz CT molecular complexity index is 602. The van der Waals surface area contributed by atoms with Gasteiger partial charge in [0.25, 0.3) is 0 Å². The maximum Gasteiger partial charge on any atom is 0.233 e. The van der Waals surface area contributed by atoms with Gasteiger partial charge in [0, 0.05) is 19.2 Å². The molecule has 1 saturated carbocycles. The topological polar surface area (TPSA) is 79.4 Å². The smallest absolute Gasteiger partial charge is 0.233 e. The molecule has 1 aliphatic heterocycles. The molecule has 0 spiro atoms. The molecule has 2 heterocycles. The predicted octanol–water partition coefficient (Wildman–Crippen LogP) is 1.89. The fourth-order valence-corrected chi connectivity index (χ4v) is 3.41. The van der Waals surface area contributed by atoms with Gasteiger partial charge in [0.2, 0.25) is 17.7 Å². The molecule has 1 aromatic rings. The van der Waals surface area contributed by atoms with Gasteiger partial charge in [-0.15, -0.1) is 0 Å². The van der Waals surface area contributed by atoms with Crippen LogP contribution in [0.2, 0.25) is 0 Å². The molecule has 0 aromatic carbocycles. The number of aryl methyl sites for hydroxylation is 1. The van der Waals surface area contributed by atoms with Crippen LogP contribution in [0.15, 0.2) is 18.3 Å². The number of carbonyl (C=O) groups is 3. The van der Waals surface area contributed by atoms with Gasteiger partial charge in [-0.1, -0.05) is 18.9 Å². The van der Waals surface area contributed by atoms with Gasteiger partial charge in [-0.25, -0.2) is 4.98 Å². The molecule has 6 heteroatoms. The van der Waals surface area contributed by atoms with Crippen molar-refractivity contribution in [2.75, 3.05) is 11.9 Å². The molecule has 122 valence electrons. The van der Waals surface area contributed by atoms with Crippen molar-refractivity contribution in [3.63, 3.8) is 0 Å². The summed E-state index contributed by atoms with van der Waals surface area (Å²) in [6.07, 6.45) is 5.39. The largest absolute Gasteiger partial charge is 0.311 e. The van der Waals surface area contributed by atoms with Crippen LogP contribution in [0.4, 0.5) is 5.82 Å². The van der Waals surface area contributed by atoms with E-state index < -0.39 is 0 Å². The number of amides is 3. The van der Waals surface area contributed by atoms with E-state index in [4.69, 9.17) is 0 Å². The summed E-state index contributed by atoms with van der Waals surface area (Å²) in [6.45, 7) is 2.07. The van der Waals surface area contributed by atoms with Gasteiger partial charge in [-0.3, -0.25) is 19.3 Å². The van der Waals surface area contributed by atoms with Crippen LogP contribution in [-0.4, -0.2) is 34.2 Å². The first-order chi connectivity index (χ1) is 11.1. The van der Waals surface area contributed by atoms with E-state index in [-0.39, 0.29) is 42.5 Å². The molecule has 1 saturated heterocycles. The maximum absolute atomic E-state index is 12.3. The number of carbonyl (C=O) groups excluding carboxylic acids is 3. The van der Waals surface area contributed by atoms with Crippen LogP contribution >= 0.6 is 0 Å². The first-order valence-corrected chi connectivity index (χ1v) is 8.14. The van der Waals surface area contributed by atoms with E-state index in [2.05, 4.69) is 10.3 Å². The first-order valence-electron chi connectivity index (χ1n) is 8.14. The molecule has 3 amide bonds. The van der Waals surface area contributed by atoms with Crippen molar-refractivity contribution in [3.8, 4) is 0 Å². The van der Waals surface area contributed by atoms with E-state index in [9.17, 15) is 14.4 Å². The Balaban J connectivity index is 1.55. The molecular weight excluding hydrogens is 294 g/mol. The lowest BCUT2D eigenvalue weighted by Gasteiger charge is -2.19. The highest BCUT2D eigenvalue weighted by atomic mass is 16.2. The number of anilines is 1. The Labute approximate surface area is 135 Å². The highest BCUT2D eigenvalue weighted by Crippen LogP contribution is 2.37. The van der Waals surface area contributed by atoms with Crippen LogP contribution in [0.1, 0.15) is 37.7 Å². The monoisotopic (exact) mass is 315 g/mol. The predicted molar refractivity (Wildman–Crippen MR) is 84.4 cm³/mol. The zero-order chi connectivity index (χ0) is 16.4. The van der Waals surface area contributed by atoms with Crippen molar-refractivity contribution in [1.29, 1.82) is 0 Å². The minimum atomic E-state index is -0.239. The lowest BCUT2D eigenvalue weighted by atomic mass is 9.81. The molecule has 1 aromatic heterocycles. The van der Waals surface area contributed by atoms with E-state index in [1.807, 2.05) is 13.0 Å². The summed E-state index contributed by atoms with van der Waals surface area (Å²) in [5.74, 6) is -0.261. The van der Waals surface area contributed by atoms with E-state index in [1.54, 1.807) is 12.3 Å². The van der Waals surface area contributed by atoms with Crippen LogP contribution in [0.5, 0.6) is 0 Å². The fraction of sp³-hybridized carbons (Fsp3) is 0.529. The molecule has 1 N–H and O–H groups in total. The molecule has 23 heavy (non-hydrogen) atoms. The van der Waals surface area contributed by atoms with E-state index >= 15 is 0 Å². The van der Waals surface area contributed by atoms with Gasteiger partial charge in [0.1, 0.15) is 5.82 Å². The van der Waals surface area contributed by atoms with Crippen LogP contribution in [0.3, 0.4) is 0 Å². The van der Waals surface area contributed by atoms with Gasteiger partial charge in [-0.05, 0) is 31.4 Å². The average molecular weight is 315 g/mol. The van der Waals surface area contributed by atoms with Gasteiger partial charge < -0.3 is 5.32 Å². The number of rotatable bonds is 4. The number of pyridine rings is 1. The van der Waals surface area contributed by atoms with Crippen molar-refractivity contribution in [1.82, 2.24) is 9.88 Å². The van der Waals surface area contributed by atoms with Gasteiger partial charge in [0.05, 0.1) is 11.8 Å². The minimum absolute atomic E-state index is 0.0963. The highest BCUT2D eigenvalue weighted by Gasteiger charge is 2.47. The number of hydrogen-bond acceptors (Lipinski definition) is 4. The van der Waals surface area contributed by atoms with Gasteiger partial charge in [-0.2, -0.15) is 0 Å². The standard InChI is InChI=1S/C17H21N3O3/c1-11-6-7-14(18-10-11)19-15(21)8-9-20-16(22)12-4-2-3-5-13(12)17(20)23/h6-7,10,12-13H,2-5,8-9H2,1H3,(H,18,19,21)/t12-,13-/m0/s1. The number of likely N-dealkylation sites (tertiary alicyclic amines) is 1. The van der Waals surface area contributed by atoms with Crippen molar-refractivity contribution >= 4 is 23.5 Å². The number of aromatic nitrogens is 1. The zero-order valence-corrected chi connectivity index (χ0v) is 13.2. The molecule has 0 radical (unpaired) electrons. The second kappa shape index (κ2) is 6.48. The Morgan fingerprint density at radius 2 is 1.87 bits per heavy atom. The van der Waals surface area contributed by atoms with Crippen molar-refractivity contribution in [2.45, 2.75) is 39.0 Å². The minimum Gasteiger partial charge on any atom is -0.311 e. The van der Waals surface area contributed by atoms with Gasteiger partial charge in [0.15, 0.2) is 0 Å². The van der Waals surface area contributed by atoms with Gasteiger partial charge >= 0.3 is 0 Å². The Morgan fingerprint density at radius 1 is 1.22 bits per heavy atom. The van der Waals surface area contributed by atoms with E-state index in [0.29, 0.717) is 5.82 Å². The zero-order valence-electron chi connectivity index (χ0n) is 13.2. The normalized spacial score (nSPS) is 23.8. The van der Waals surface area contributed by atoms with Crippen molar-refractivity contribution in [2.24, 2.45) is 11.8 Å². The molecular formula is C17H21N3O3. The van der Waals surface area contributed by atoms with Crippen LogP contribution in [-0.2, 0) is 14.4 Å². The fourth-order valence-electron chi connectivity index (χ4n) is 3.41. The summed E-state index contributed by atoms with van der Waals surface area (Å²) in [7, 11) is 0. The SMILES string of the molecule is Cc1ccc(NC(=O)CCN2C(=O)[C@H]3CCCC[C@@H]3C2=O)nc1. The molecule has 3 rings (SSSR count). The summed E-state index contributed by atoms with van der Waals surface area (Å²) < 4.78 is 0. The van der Waals surface area contributed by atoms with Crippen molar-refractivity contribution in [3.05, 3.63) is 23.9 Å². The second-order valence-corrected chi connectivity index (χ2v) is 6.34. The first kappa shape index (κ1) is 15.6. The maximum atomic E-state index is 12.3. The summed E-state index contributed by atoms with van der Waals surface area (Å²) >= 11 is 0. The Hall–Kier alpha value is -2.24. The molecule has 2 atom stereocenters. The lowest BCUT2D eigenvalue weighted by Crippen LogP contribution is -2.34. The Morgan fingerprint density at radius 3 is 2.43 bits per heavy atom. The summed E-state index contributed by atoms with van der Waals surface area (Å²) in [6, 6.07) is 3.59. The molecule has 0 unspecified atom stereocenters. The number of hydrogen-bond donors (Lipinski definition) is 1. The summed E-state index contributed by atoms with van der Waals surface area (Å²) in [4.78, 5) is 42.0. The number of imide groups is 1. The van der Waals surface area contributed by atoms with E-state index in [1.165, 1.54) is 4.90 Å². The molecule has 1 aliphatic carbocycles. The van der Waals surface area contributed by atoms with Crippen LogP contribution < -0.4 is 5.32 Å². The van der Waals surface area contributed by atoms with Crippen molar-refractivity contribution < 1.29 is 14.4 Å². The summed E-state index contributed by atoms with van der Waals surface area (Å²) in [5, 5.41) is 2.69. The third kappa shape index (κ3) is 3.25. The average Bonchev–Trinajstić information content (AvgIpc) is 2.80. The second-order valence-electron chi connectivity index (χ2n) is 6.34. The van der Waals surface area contributed by atoms with E-state index in [0.717, 1.165) is 31.2 Å². The quantitative estimate of drug-likeness (QED) is 0.861. The molecule has 2 aliphatic rings. The molecule has 2 fully saturated rings. The number of fused-ring (bicyclic) bond motifs is 1. The number of nitrogens with one attached hydrogen (secondary N) is 1. The van der Waals surface area contributed by atoms with Crippen LogP contribution in [0, 0.1) is 18.8 Å². The lowest BCUT2D eigenvalue weighted by molar-refractivity contribution is -0.140. The third-order valence-electron chi connectivity index (χ3n) is 4.67. The number of nitrogens with zero attached hydrogens (tertiary/aromatic N) is 2.